The molecule has 17 heavy (non-hydrogen) atoms. The molecule has 8 nitrogen and oxygen atoms in total. The van der Waals surface area contributed by atoms with Crippen molar-refractivity contribution < 1.29 is 22.9 Å². The third kappa shape index (κ3) is 2.82. The molecule has 0 spiro atoms. The van der Waals surface area contributed by atoms with Crippen LogP contribution in [-0.2, 0) is 22.9 Å². The van der Waals surface area contributed by atoms with E-state index >= 15 is 0 Å². The van der Waals surface area contributed by atoms with E-state index in [0.29, 0.717) is 0 Å². The zero-order chi connectivity index (χ0) is 13.4. The molecule has 0 unspecified atom stereocenters. The van der Waals surface area contributed by atoms with E-state index in [9.17, 15) is 23.1 Å². The van der Waals surface area contributed by atoms with Crippen molar-refractivity contribution in [1.82, 2.24) is 4.57 Å². The number of rotatable bonds is 3. The molecule has 0 bridgehead atoms. The minimum atomic E-state index is -4.45. The summed E-state index contributed by atoms with van der Waals surface area (Å²) in [5.41, 5.74) is 3.38. The predicted molar refractivity (Wildman–Crippen MR) is 57.1 cm³/mol. The summed E-state index contributed by atoms with van der Waals surface area (Å²) in [7, 11) is -3.26. The molecule has 0 aliphatic carbocycles. The second kappa shape index (κ2) is 4.18. The SMILES string of the molecule is Cn1c(O)c(C(N)=O)c(CS(=O)(=O)O)cc1=O. The van der Waals surface area contributed by atoms with Gasteiger partial charge in [-0.25, -0.2) is 0 Å². The summed E-state index contributed by atoms with van der Waals surface area (Å²) in [4.78, 5) is 22.4. The maximum Gasteiger partial charge on any atom is 0.269 e. The van der Waals surface area contributed by atoms with Gasteiger partial charge in [-0.05, 0) is 5.56 Å². The highest BCUT2D eigenvalue weighted by Gasteiger charge is 2.21. The van der Waals surface area contributed by atoms with Crippen LogP contribution >= 0.6 is 0 Å². The molecule has 9 heteroatoms. The van der Waals surface area contributed by atoms with E-state index in [4.69, 9.17) is 10.3 Å². The number of primary amides is 1. The predicted octanol–water partition coefficient (Wildman–Crippen LogP) is -1.42. The summed E-state index contributed by atoms with van der Waals surface area (Å²) in [6, 6.07) is 0.813. The van der Waals surface area contributed by atoms with Crippen molar-refractivity contribution in [2.45, 2.75) is 5.75 Å². The lowest BCUT2D eigenvalue weighted by atomic mass is 10.1. The van der Waals surface area contributed by atoms with E-state index in [1.807, 2.05) is 0 Å². The van der Waals surface area contributed by atoms with Gasteiger partial charge in [-0.2, -0.15) is 8.42 Å². The van der Waals surface area contributed by atoms with Crippen LogP contribution in [0, 0.1) is 0 Å². The van der Waals surface area contributed by atoms with Gasteiger partial charge in [0.2, 0.25) is 5.88 Å². The van der Waals surface area contributed by atoms with Crippen LogP contribution in [0.1, 0.15) is 15.9 Å². The van der Waals surface area contributed by atoms with Gasteiger partial charge >= 0.3 is 0 Å². The Labute approximate surface area is 96.0 Å². The average molecular weight is 262 g/mol. The molecule has 0 saturated heterocycles. The topological polar surface area (TPSA) is 140 Å². The number of aromatic hydroxyl groups is 1. The highest BCUT2D eigenvalue weighted by molar-refractivity contribution is 7.85. The number of hydrogen-bond donors (Lipinski definition) is 3. The summed E-state index contributed by atoms with van der Waals surface area (Å²) in [5.74, 6) is -2.82. The maximum absolute atomic E-state index is 11.3. The lowest BCUT2D eigenvalue weighted by Gasteiger charge is -2.10. The van der Waals surface area contributed by atoms with Crippen molar-refractivity contribution in [3.63, 3.8) is 0 Å². The molecule has 4 N–H and O–H groups in total. The van der Waals surface area contributed by atoms with Crippen LogP contribution in [-0.4, -0.2) is 28.6 Å². The van der Waals surface area contributed by atoms with Gasteiger partial charge < -0.3 is 10.8 Å². The number of hydrogen-bond acceptors (Lipinski definition) is 5. The van der Waals surface area contributed by atoms with Crippen LogP contribution in [0.2, 0.25) is 0 Å². The van der Waals surface area contributed by atoms with Gasteiger partial charge in [0.05, 0.1) is 0 Å². The van der Waals surface area contributed by atoms with Gasteiger partial charge in [0.1, 0.15) is 11.3 Å². The van der Waals surface area contributed by atoms with Crippen molar-refractivity contribution >= 4 is 16.0 Å². The van der Waals surface area contributed by atoms with Crippen LogP contribution < -0.4 is 11.3 Å². The van der Waals surface area contributed by atoms with Gasteiger partial charge in [-0.15, -0.1) is 0 Å². The smallest absolute Gasteiger partial charge is 0.269 e. The van der Waals surface area contributed by atoms with Crippen LogP contribution in [0.5, 0.6) is 5.88 Å². The van der Waals surface area contributed by atoms with E-state index in [0.717, 1.165) is 10.6 Å². The second-order valence-corrected chi connectivity index (χ2v) is 4.81. The molecule has 1 aromatic heterocycles. The Bertz CT molecular complexity index is 630. The Balaban J connectivity index is 3.60. The number of nitrogens with two attached hydrogens (primary N) is 1. The molecule has 0 atom stereocenters. The summed E-state index contributed by atoms with van der Waals surface area (Å²) in [6.07, 6.45) is 0. The molecule has 0 saturated carbocycles. The zero-order valence-electron chi connectivity index (χ0n) is 8.74. The van der Waals surface area contributed by atoms with Crippen molar-refractivity contribution in [2.24, 2.45) is 12.8 Å². The third-order valence-electron chi connectivity index (χ3n) is 2.08. The van der Waals surface area contributed by atoms with E-state index < -0.39 is 38.8 Å². The maximum atomic E-state index is 11.3. The molecular weight excluding hydrogens is 252 g/mol. The van der Waals surface area contributed by atoms with Crippen LogP contribution in [0.15, 0.2) is 10.9 Å². The number of amides is 1. The molecule has 1 rings (SSSR count). The lowest BCUT2D eigenvalue weighted by Crippen LogP contribution is -2.24. The fourth-order valence-corrected chi connectivity index (χ4v) is 1.93. The molecule has 1 heterocycles. The fraction of sp³-hybridized carbons (Fsp3) is 0.250. The van der Waals surface area contributed by atoms with Crippen LogP contribution in [0.3, 0.4) is 0 Å². The largest absolute Gasteiger partial charge is 0.494 e. The molecular formula is C8H10N2O6S. The molecule has 0 radical (unpaired) electrons. The highest BCUT2D eigenvalue weighted by Crippen LogP contribution is 2.19. The van der Waals surface area contributed by atoms with Crippen LogP contribution in [0.25, 0.3) is 0 Å². The van der Waals surface area contributed by atoms with Gasteiger partial charge in [-0.3, -0.25) is 18.7 Å². The standard InChI is InChI=1S/C8H10N2O6S/c1-10-5(11)2-4(3-17(14,15)16)6(7(9)12)8(10)13/h2,13H,3H2,1H3,(H2,9,12)(H,14,15,16). The fourth-order valence-electron chi connectivity index (χ4n) is 1.31. The average Bonchev–Trinajstić information content (AvgIpc) is 2.11. The van der Waals surface area contributed by atoms with Gasteiger partial charge in [-0.1, -0.05) is 0 Å². The first-order chi connectivity index (χ1) is 7.63. The monoisotopic (exact) mass is 262 g/mol. The Morgan fingerprint density at radius 3 is 2.47 bits per heavy atom. The summed E-state index contributed by atoms with van der Waals surface area (Å²) >= 11 is 0. The quantitative estimate of drug-likeness (QED) is 0.571. The Morgan fingerprint density at radius 2 is 2.06 bits per heavy atom. The number of carbonyl (C=O) groups excluding carboxylic acids is 1. The second-order valence-electron chi connectivity index (χ2n) is 3.36. The molecule has 94 valence electrons. The van der Waals surface area contributed by atoms with Crippen molar-refractivity contribution in [2.75, 3.05) is 0 Å². The molecule has 0 fully saturated rings. The Kier molecular flexibility index (Phi) is 3.25. The van der Waals surface area contributed by atoms with E-state index in [1.165, 1.54) is 7.05 Å². The highest BCUT2D eigenvalue weighted by atomic mass is 32.2. The normalized spacial score (nSPS) is 11.4. The minimum absolute atomic E-state index is 0.347. The first-order valence-corrected chi connectivity index (χ1v) is 5.91. The molecule has 1 amide bonds. The number of nitrogens with zero attached hydrogens (tertiary/aromatic N) is 1. The first kappa shape index (κ1) is 13.2. The van der Waals surface area contributed by atoms with Crippen molar-refractivity contribution in [3.8, 4) is 5.88 Å². The summed E-state index contributed by atoms with van der Waals surface area (Å²) < 4.78 is 30.8. The number of aromatic nitrogens is 1. The first-order valence-electron chi connectivity index (χ1n) is 4.30. The summed E-state index contributed by atoms with van der Waals surface area (Å²) in [5, 5.41) is 9.51. The van der Waals surface area contributed by atoms with E-state index in [1.54, 1.807) is 0 Å². The molecule has 0 aliphatic rings. The Hall–Kier alpha value is -1.87. The van der Waals surface area contributed by atoms with Crippen LogP contribution in [0.4, 0.5) is 0 Å². The lowest BCUT2D eigenvalue weighted by molar-refractivity contribution is 0.0995. The van der Waals surface area contributed by atoms with E-state index in [-0.39, 0.29) is 5.56 Å². The van der Waals surface area contributed by atoms with Crippen molar-refractivity contribution in [1.29, 1.82) is 0 Å². The van der Waals surface area contributed by atoms with Crippen molar-refractivity contribution in [3.05, 3.63) is 27.5 Å². The van der Waals surface area contributed by atoms with Gasteiger partial charge in [0.25, 0.3) is 21.6 Å². The van der Waals surface area contributed by atoms with Gasteiger partial charge in [0.15, 0.2) is 0 Å². The zero-order valence-corrected chi connectivity index (χ0v) is 9.56. The molecule has 0 aromatic carbocycles. The summed E-state index contributed by atoms with van der Waals surface area (Å²) in [6.45, 7) is 0. The molecule has 0 aliphatic heterocycles. The van der Waals surface area contributed by atoms with Gasteiger partial charge in [0, 0.05) is 13.1 Å². The Morgan fingerprint density at radius 1 is 1.53 bits per heavy atom. The number of carbonyl (C=O) groups is 1. The minimum Gasteiger partial charge on any atom is -0.494 e. The van der Waals surface area contributed by atoms with E-state index in [2.05, 4.69) is 0 Å². The molecule has 1 aromatic rings. The third-order valence-corrected chi connectivity index (χ3v) is 2.75. The number of pyridine rings is 1.